The summed E-state index contributed by atoms with van der Waals surface area (Å²) in [6.45, 7) is 0.727. The summed E-state index contributed by atoms with van der Waals surface area (Å²) < 4.78 is 5.33. The molecule has 2 aromatic carbocycles. The van der Waals surface area contributed by atoms with Crippen LogP contribution in [-0.2, 0) is 0 Å². The van der Waals surface area contributed by atoms with Crippen molar-refractivity contribution in [2.45, 2.75) is 18.9 Å². The van der Waals surface area contributed by atoms with Crippen molar-refractivity contribution in [2.24, 2.45) is 0 Å². The maximum absolute atomic E-state index is 13.0. The molecule has 0 aliphatic carbocycles. The van der Waals surface area contributed by atoms with Gasteiger partial charge < -0.3 is 15.0 Å². The molecule has 6 nitrogen and oxygen atoms in total. The summed E-state index contributed by atoms with van der Waals surface area (Å²) >= 11 is 0. The number of carbonyl (C=O) groups is 1. The number of carbonyl (C=O) groups excluding carboxylic acids is 1. The number of nitrogens with one attached hydrogen (secondary N) is 1. The summed E-state index contributed by atoms with van der Waals surface area (Å²) in [5, 5.41) is 3.13. The monoisotopic (exact) mass is 374 g/mol. The number of amides is 1. The maximum Gasteiger partial charge on any atom is 0.257 e. The lowest BCUT2D eigenvalue weighted by Crippen LogP contribution is -2.30. The van der Waals surface area contributed by atoms with Crippen LogP contribution in [-0.4, -0.2) is 34.4 Å². The number of rotatable bonds is 5. The molecule has 2 heterocycles. The normalized spacial score (nSPS) is 16.0. The first-order chi connectivity index (χ1) is 13.7. The fourth-order valence-corrected chi connectivity index (χ4v) is 3.52. The van der Waals surface area contributed by atoms with E-state index in [0.29, 0.717) is 11.5 Å². The van der Waals surface area contributed by atoms with Gasteiger partial charge in [-0.1, -0.05) is 30.3 Å². The Hall–Kier alpha value is -3.41. The zero-order chi connectivity index (χ0) is 19.3. The van der Waals surface area contributed by atoms with Gasteiger partial charge in [0.1, 0.15) is 5.75 Å². The smallest absolute Gasteiger partial charge is 0.257 e. The molecule has 1 amide bonds. The van der Waals surface area contributed by atoms with Crippen molar-refractivity contribution in [1.29, 1.82) is 0 Å². The van der Waals surface area contributed by atoms with E-state index in [-0.39, 0.29) is 11.9 Å². The van der Waals surface area contributed by atoms with Crippen molar-refractivity contribution in [3.05, 3.63) is 78.1 Å². The minimum absolute atomic E-state index is 0.0448. The van der Waals surface area contributed by atoms with Gasteiger partial charge in [0, 0.05) is 24.6 Å². The van der Waals surface area contributed by atoms with E-state index in [2.05, 4.69) is 15.3 Å². The molecule has 3 aromatic rings. The second-order valence-corrected chi connectivity index (χ2v) is 6.72. The van der Waals surface area contributed by atoms with E-state index in [1.807, 2.05) is 59.5 Å². The molecule has 1 aliphatic rings. The number of anilines is 2. The van der Waals surface area contributed by atoms with Crippen LogP contribution in [0.3, 0.4) is 0 Å². The molecule has 0 spiro atoms. The maximum atomic E-state index is 13.0. The molecule has 1 aromatic heterocycles. The van der Waals surface area contributed by atoms with Gasteiger partial charge in [0.05, 0.1) is 18.7 Å². The lowest BCUT2D eigenvalue weighted by atomic mass is 10.0. The molecule has 28 heavy (non-hydrogen) atoms. The highest BCUT2D eigenvalue weighted by atomic mass is 16.5. The fraction of sp³-hybridized carbons (Fsp3) is 0.227. The van der Waals surface area contributed by atoms with E-state index in [9.17, 15) is 4.79 Å². The van der Waals surface area contributed by atoms with E-state index in [1.165, 1.54) is 0 Å². The van der Waals surface area contributed by atoms with Crippen molar-refractivity contribution in [3.8, 4) is 5.75 Å². The molecule has 1 unspecified atom stereocenters. The van der Waals surface area contributed by atoms with Gasteiger partial charge in [0.2, 0.25) is 5.95 Å². The Balaban J connectivity index is 1.50. The van der Waals surface area contributed by atoms with Gasteiger partial charge in [0.15, 0.2) is 0 Å². The molecule has 1 aliphatic heterocycles. The Labute approximate surface area is 164 Å². The molecule has 4 rings (SSSR count). The van der Waals surface area contributed by atoms with Crippen molar-refractivity contribution in [1.82, 2.24) is 14.9 Å². The van der Waals surface area contributed by atoms with Crippen LogP contribution in [0, 0.1) is 0 Å². The van der Waals surface area contributed by atoms with E-state index < -0.39 is 0 Å². The third kappa shape index (κ3) is 3.81. The molecule has 1 fully saturated rings. The quantitative estimate of drug-likeness (QED) is 0.725. The van der Waals surface area contributed by atoms with Crippen molar-refractivity contribution >= 4 is 17.5 Å². The van der Waals surface area contributed by atoms with Gasteiger partial charge in [-0.3, -0.25) is 4.79 Å². The van der Waals surface area contributed by atoms with Crippen LogP contribution in [0.1, 0.15) is 34.8 Å². The summed E-state index contributed by atoms with van der Waals surface area (Å²) in [6.07, 6.45) is 5.08. The minimum Gasteiger partial charge on any atom is -0.497 e. The fourth-order valence-electron chi connectivity index (χ4n) is 3.52. The Morgan fingerprint density at radius 2 is 1.89 bits per heavy atom. The zero-order valence-corrected chi connectivity index (χ0v) is 15.7. The Kier molecular flexibility index (Phi) is 5.19. The van der Waals surface area contributed by atoms with Crippen LogP contribution >= 0.6 is 0 Å². The zero-order valence-electron chi connectivity index (χ0n) is 15.7. The highest BCUT2D eigenvalue weighted by Crippen LogP contribution is 2.34. The summed E-state index contributed by atoms with van der Waals surface area (Å²) in [5.74, 6) is 1.22. The number of likely N-dealkylation sites (tertiary alicyclic amines) is 1. The van der Waals surface area contributed by atoms with Crippen LogP contribution < -0.4 is 10.1 Å². The van der Waals surface area contributed by atoms with Crippen LogP contribution in [0.25, 0.3) is 0 Å². The summed E-state index contributed by atoms with van der Waals surface area (Å²) in [5.41, 5.74) is 2.49. The lowest BCUT2D eigenvalue weighted by Gasteiger charge is -2.25. The average molecular weight is 374 g/mol. The first kappa shape index (κ1) is 18.0. The predicted octanol–water partition coefficient (Wildman–Crippen LogP) is 4.21. The summed E-state index contributed by atoms with van der Waals surface area (Å²) in [7, 11) is 1.65. The van der Waals surface area contributed by atoms with E-state index in [4.69, 9.17) is 4.74 Å². The number of nitrogens with zero attached hydrogens (tertiary/aromatic N) is 3. The molecule has 6 heteroatoms. The number of methoxy groups -OCH3 is 1. The molecular formula is C22H22N4O2. The van der Waals surface area contributed by atoms with Gasteiger partial charge in [0.25, 0.3) is 5.91 Å². The molecule has 1 atom stereocenters. The molecule has 0 bridgehead atoms. The summed E-state index contributed by atoms with van der Waals surface area (Å²) in [6, 6.07) is 17.7. The first-order valence-electron chi connectivity index (χ1n) is 9.33. The number of para-hydroxylation sites is 1. The topological polar surface area (TPSA) is 67.3 Å². The number of aromatic nitrogens is 2. The second kappa shape index (κ2) is 8.08. The SMILES string of the molecule is COc1cccc(C2CCCN2C(=O)c2cnc(Nc3ccccc3)nc2)c1. The van der Waals surface area contributed by atoms with Gasteiger partial charge in [-0.2, -0.15) is 0 Å². The van der Waals surface area contributed by atoms with Crippen LogP contribution in [0.2, 0.25) is 0 Å². The standard InChI is InChI=1S/C22H22N4O2/c1-28-19-10-5-7-16(13-19)20-11-6-12-26(20)21(27)17-14-23-22(24-15-17)25-18-8-3-2-4-9-18/h2-5,7-10,13-15,20H,6,11-12H2,1H3,(H,23,24,25). The van der Waals surface area contributed by atoms with Crippen molar-refractivity contribution < 1.29 is 9.53 Å². The number of hydrogen-bond donors (Lipinski definition) is 1. The highest BCUT2D eigenvalue weighted by Gasteiger charge is 2.31. The summed E-state index contributed by atoms with van der Waals surface area (Å²) in [4.78, 5) is 23.6. The average Bonchev–Trinajstić information content (AvgIpc) is 3.24. The lowest BCUT2D eigenvalue weighted by molar-refractivity contribution is 0.0734. The van der Waals surface area contributed by atoms with Crippen LogP contribution in [0.4, 0.5) is 11.6 Å². The largest absolute Gasteiger partial charge is 0.497 e. The first-order valence-corrected chi connectivity index (χ1v) is 9.33. The highest BCUT2D eigenvalue weighted by molar-refractivity contribution is 5.94. The minimum atomic E-state index is -0.0448. The van der Waals surface area contributed by atoms with Gasteiger partial charge in [-0.25, -0.2) is 9.97 Å². The molecule has 0 radical (unpaired) electrons. The third-order valence-electron chi connectivity index (χ3n) is 4.92. The number of hydrogen-bond acceptors (Lipinski definition) is 5. The van der Waals surface area contributed by atoms with Gasteiger partial charge in [-0.05, 0) is 42.7 Å². The Morgan fingerprint density at radius 1 is 1.11 bits per heavy atom. The molecule has 1 saturated heterocycles. The van der Waals surface area contributed by atoms with Crippen LogP contribution in [0.5, 0.6) is 5.75 Å². The Morgan fingerprint density at radius 3 is 2.64 bits per heavy atom. The van der Waals surface area contributed by atoms with E-state index in [1.54, 1.807) is 19.5 Å². The van der Waals surface area contributed by atoms with Gasteiger partial charge >= 0.3 is 0 Å². The van der Waals surface area contributed by atoms with Crippen molar-refractivity contribution in [3.63, 3.8) is 0 Å². The second-order valence-electron chi connectivity index (χ2n) is 6.72. The van der Waals surface area contributed by atoms with Crippen molar-refractivity contribution in [2.75, 3.05) is 19.0 Å². The number of benzene rings is 2. The molecule has 142 valence electrons. The van der Waals surface area contributed by atoms with E-state index >= 15 is 0 Å². The Bertz CT molecular complexity index is 944. The van der Waals surface area contributed by atoms with E-state index in [0.717, 1.165) is 36.4 Å². The molecular weight excluding hydrogens is 352 g/mol. The predicted molar refractivity (Wildman–Crippen MR) is 108 cm³/mol. The number of ether oxygens (including phenoxy) is 1. The molecule has 1 N–H and O–H groups in total. The van der Waals surface area contributed by atoms with Crippen LogP contribution in [0.15, 0.2) is 67.0 Å². The third-order valence-corrected chi connectivity index (χ3v) is 4.92. The molecule has 0 saturated carbocycles. The van der Waals surface area contributed by atoms with Gasteiger partial charge in [-0.15, -0.1) is 0 Å².